The molecule has 4 bridgehead atoms. The molecule has 2 aliphatic heterocycles. The third kappa shape index (κ3) is 3.68. The molecule has 7 heteroatoms. The lowest BCUT2D eigenvalue weighted by atomic mass is 10.1. The van der Waals surface area contributed by atoms with Gasteiger partial charge in [-0.2, -0.15) is 4.98 Å². The minimum Gasteiger partial charge on any atom is -0.489 e. The van der Waals surface area contributed by atoms with Gasteiger partial charge in [-0.1, -0.05) is 30.3 Å². The predicted molar refractivity (Wildman–Crippen MR) is 122 cm³/mol. The maximum Gasteiger partial charge on any atom is 0.229 e. The monoisotopic (exact) mass is 415 g/mol. The highest BCUT2D eigenvalue weighted by molar-refractivity contribution is 5.66. The number of hydrogen-bond acceptors (Lipinski definition) is 7. The molecule has 31 heavy (non-hydrogen) atoms. The zero-order chi connectivity index (χ0) is 21.4. The van der Waals surface area contributed by atoms with Gasteiger partial charge in [-0.25, -0.2) is 4.98 Å². The molecule has 3 aromatic rings. The molecule has 2 aromatic carbocycles. The number of anilines is 4. The largest absolute Gasteiger partial charge is 0.489 e. The Hall–Kier alpha value is -3.58. The van der Waals surface area contributed by atoms with E-state index in [2.05, 4.69) is 36.3 Å². The van der Waals surface area contributed by atoms with Crippen molar-refractivity contribution >= 4 is 23.1 Å². The van der Waals surface area contributed by atoms with Gasteiger partial charge in [-0.3, -0.25) is 0 Å². The van der Waals surface area contributed by atoms with E-state index in [1.807, 2.05) is 58.5 Å². The van der Waals surface area contributed by atoms with Crippen molar-refractivity contribution in [1.82, 2.24) is 9.97 Å². The standard InChI is InChI=1S/C24H25N5O2/c1-16-7-5-8-17(2)21(16)29-15-18-14-25-23-26-19-9-6-10-20(13-19)31-12-4-3-11-28(24(29)30)22(18)27-23/h3-10,13-14,24,30H,11-12,15H2,1-2H3,(H,25,26,27)/b4-3-. The van der Waals surface area contributed by atoms with Crippen LogP contribution in [0.4, 0.5) is 23.1 Å². The fourth-order valence-corrected chi connectivity index (χ4v) is 4.19. The highest BCUT2D eigenvalue weighted by atomic mass is 16.5. The first-order valence-electron chi connectivity index (χ1n) is 10.4. The van der Waals surface area contributed by atoms with Crippen LogP contribution >= 0.6 is 0 Å². The summed E-state index contributed by atoms with van der Waals surface area (Å²) in [6.45, 7) is 5.61. The van der Waals surface area contributed by atoms with E-state index >= 15 is 0 Å². The van der Waals surface area contributed by atoms with Gasteiger partial charge in [-0.15, -0.1) is 0 Å². The van der Waals surface area contributed by atoms with Crippen molar-refractivity contribution < 1.29 is 9.84 Å². The maximum atomic E-state index is 11.4. The third-order valence-corrected chi connectivity index (χ3v) is 5.64. The quantitative estimate of drug-likeness (QED) is 0.584. The average Bonchev–Trinajstić information content (AvgIpc) is 2.76. The zero-order valence-corrected chi connectivity index (χ0v) is 17.6. The van der Waals surface area contributed by atoms with Crippen LogP contribution in [0, 0.1) is 13.8 Å². The van der Waals surface area contributed by atoms with E-state index in [1.165, 1.54) is 0 Å². The number of aromatic nitrogens is 2. The number of ether oxygens (including phenoxy) is 1. The smallest absolute Gasteiger partial charge is 0.229 e. The summed E-state index contributed by atoms with van der Waals surface area (Å²) in [4.78, 5) is 13.2. The zero-order valence-electron chi connectivity index (χ0n) is 17.6. The molecule has 3 heterocycles. The number of rotatable bonds is 1. The van der Waals surface area contributed by atoms with Crippen LogP contribution < -0.4 is 19.9 Å². The Morgan fingerprint density at radius 3 is 2.71 bits per heavy atom. The molecule has 1 atom stereocenters. The summed E-state index contributed by atoms with van der Waals surface area (Å²) in [5, 5.41) is 14.6. The topological polar surface area (TPSA) is 73.8 Å². The molecule has 0 saturated heterocycles. The molecule has 0 aliphatic carbocycles. The molecule has 2 N–H and O–H groups in total. The Morgan fingerprint density at radius 2 is 1.87 bits per heavy atom. The maximum absolute atomic E-state index is 11.4. The number of aryl methyl sites for hydroxylation is 2. The molecule has 5 rings (SSSR count). The lowest BCUT2D eigenvalue weighted by molar-refractivity contribution is 0.156. The van der Waals surface area contributed by atoms with E-state index in [-0.39, 0.29) is 0 Å². The highest BCUT2D eigenvalue weighted by Gasteiger charge is 2.33. The normalized spacial score (nSPS) is 18.7. The van der Waals surface area contributed by atoms with Crippen LogP contribution in [0.15, 0.2) is 60.8 Å². The summed E-state index contributed by atoms with van der Waals surface area (Å²) in [6, 6.07) is 13.9. The van der Waals surface area contributed by atoms with Gasteiger partial charge >= 0.3 is 0 Å². The van der Waals surface area contributed by atoms with Crippen molar-refractivity contribution in [3.63, 3.8) is 0 Å². The number of hydrogen-bond donors (Lipinski definition) is 2. The van der Waals surface area contributed by atoms with Crippen LogP contribution in [0.1, 0.15) is 16.7 Å². The molecule has 0 radical (unpaired) electrons. The van der Waals surface area contributed by atoms with Crippen molar-refractivity contribution in [2.75, 3.05) is 28.3 Å². The number of para-hydroxylation sites is 1. The second-order valence-electron chi connectivity index (χ2n) is 7.84. The summed E-state index contributed by atoms with van der Waals surface area (Å²) in [7, 11) is 0. The van der Waals surface area contributed by atoms with Gasteiger partial charge in [0.25, 0.3) is 0 Å². The van der Waals surface area contributed by atoms with E-state index in [0.29, 0.717) is 25.6 Å². The lowest BCUT2D eigenvalue weighted by Crippen LogP contribution is -2.53. The summed E-state index contributed by atoms with van der Waals surface area (Å²) < 4.78 is 5.82. The summed E-state index contributed by atoms with van der Waals surface area (Å²) in [6.07, 6.45) is 4.95. The Balaban J connectivity index is 1.58. The average molecular weight is 415 g/mol. The van der Waals surface area contributed by atoms with Crippen LogP contribution in [0.3, 0.4) is 0 Å². The Bertz CT molecular complexity index is 1130. The Morgan fingerprint density at radius 1 is 1.06 bits per heavy atom. The van der Waals surface area contributed by atoms with Crippen molar-refractivity contribution in [3.8, 4) is 5.75 Å². The summed E-state index contributed by atoms with van der Waals surface area (Å²) >= 11 is 0. The molecule has 0 spiro atoms. The number of benzene rings is 2. The molecule has 1 unspecified atom stereocenters. The number of nitrogens with one attached hydrogen (secondary N) is 1. The minimum absolute atomic E-state index is 0.449. The van der Waals surface area contributed by atoms with E-state index in [0.717, 1.165) is 39.6 Å². The minimum atomic E-state index is -0.855. The van der Waals surface area contributed by atoms with E-state index in [1.54, 1.807) is 0 Å². The van der Waals surface area contributed by atoms with Gasteiger partial charge in [0, 0.05) is 35.7 Å². The van der Waals surface area contributed by atoms with Crippen LogP contribution in [0.5, 0.6) is 5.75 Å². The predicted octanol–water partition coefficient (Wildman–Crippen LogP) is 3.89. The number of aliphatic hydroxyl groups excluding tert-OH is 1. The van der Waals surface area contributed by atoms with Crippen molar-refractivity contribution in [2.45, 2.75) is 26.7 Å². The first-order valence-corrected chi connectivity index (χ1v) is 10.4. The molecule has 0 fully saturated rings. The molecule has 0 saturated carbocycles. The molecule has 2 aliphatic rings. The van der Waals surface area contributed by atoms with Crippen molar-refractivity contribution in [3.05, 3.63) is 77.5 Å². The van der Waals surface area contributed by atoms with Crippen LogP contribution in [0.25, 0.3) is 0 Å². The van der Waals surface area contributed by atoms with Crippen LogP contribution in [-0.4, -0.2) is 34.6 Å². The van der Waals surface area contributed by atoms with Gasteiger partial charge in [0.2, 0.25) is 12.3 Å². The van der Waals surface area contributed by atoms with Crippen LogP contribution in [0.2, 0.25) is 0 Å². The number of nitrogens with zero attached hydrogens (tertiary/aromatic N) is 4. The van der Waals surface area contributed by atoms with Crippen molar-refractivity contribution in [1.29, 1.82) is 0 Å². The molecule has 0 amide bonds. The Labute approximate surface area is 181 Å². The molecule has 1 aromatic heterocycles. The SMILES string of the molecule is Cc1cccc(C)c1N1Cc2cnc3nc2N(C/C=C\COc2cccc(c2)N3)C1O. The van der Waals surface area contributed by atoms with Crippen molar-refractivity contribution in [2.24, 2.45) is 0 Å². The molecular weight excluding hydrogens is 390 g/mol. The number of aliphatic hydroxyl groups is 1. The summed E-state index contributed by atoms with van der Waals surface area (Å²) in [5.74, 6) is 1.98. The summed E-state index contributed by atoms with van der Waals surface area (Å²) in [5.41, 5.74) is 5.09. The van der Waals surface area contributed by atoms with Crippen LogP contribution in [-0.2, 0) is 6.54 Å². The van der Waals surface area contributed by atoms with Gasteiger partial charge in [0.05, 0.1) is 6.54 Å². The van der Waals surface area contributed by atoms with Gasteiger partial charge < -0.3 is 25.0 Å². The fraction of sp³-hybridized carbons (Fsp3) is 0.250. The molecule has 7 nitrogen and oxygen atoms in total. The van der Waals surface area contributed by atoms with Gasteiger partial charge in [-0.05, 0) is 43.2 Å². The second kappa shape index (κ2) is 7.92. The van der Waals surface area contributed by atoms with Gasteiger partial charge in [0.1, 0.15) is 18.2 Å². The Kier molecular flexibility index (Phi) is 4.95. The molecule has 158 valence electrons. The number of fused-ring (bicyclic) bond motifs is 3. The third-order valence-electron chi connectivity index (χ3n) is 5.64. The first kappa shape index (κ1) is 19.4. The second-order valence-corrected chi connectivity index (χ2v) is 7.84. The first-order chi connectivity index (χ1) is 15.1. The molecular formula is C24H25N5O2. The lowest BCUT2D eigenvalue weighted by Gasteiger charge is -2.43. The highest BCUT2D eigenvalue weighted by Crippen LogP contribution is 2.36. The van der Waals surface area contributed by atoms with Gasteiger partial charge in [0.15, 0.2) is 0 Å². The van der Waals surface area contributed by atoms with E-state index in [4.69, 9.17) is 9.72 Å². The van der Waals surface area contributed by atoms with E-state index < -0.39 is 6.35 Å². The van der Waals surface area contributed by atoms with E-state index in [9.17, 15) is 5.11 Å². The fourth-order valence-electron chi connectivity index (χ4n) is 4.19.